The molecule has 0 unspecified atom stereocenters. The second-order valence-corrected chi connectivity index (χ2v) is 5.71. The average Bonchev–Trinajstić information content (AvgIpc) is 2.54. The number of carbonyl (C=O) groups is 2. The zero-order valence-corrected chi connectivity index (χ0v) is 14.2. The molecule has 0 aromatic heterocycles. The molecule has 0 saturated carbocycles. The van der Waals surface area contributed by atoms with Crippen LogP contribution < -0.4 is 10.1 Å². The van der Waals surface area contributed by atoms with Gasteiger partial charge in [-0.1, -0.05) is 29.8 Å². The lowest BCUT2D eigenvalue weighted by Gasteiger charge is -2.09. The van der Waals surface area contributed by atoms with Crippen molar-refractivity contribution in [3.63, 3.8) is 0 Å². The molecule has 0 atom stereocenters. The fraction of sp³-hybridized carbons (Fsp3) is 0.222. The minimum absolute atomic E-state index is 0.319. The number of aryl methyl sites for hydroxylation is 2. The number of hydrogen-bond donors (Lipinski definition) is 1. The largest absolute Gasteiger partial charge is 0.480 e. The maximum Gasteiger partial charge on any atom is 0.344 e. The van der Waals surface area contributed by atoms with Crippen LogP contribution in [0.3, 0.4) is 0 Å². The van der Waals surface area contributed by atoms with Crippen molar-refractivity contribution in [1.82, 2.24) is 0 Å². The van der Waals surface area contributed by atoms with Crippen molar-refractivity contribution < 1.29 is 19.1 Å². The van der Waals surface area contributed by atoms with Gasteiger partial charge in [0.1, 0.15) is 5.75 Å². The second kappa shape index (κ2) is 8.36. The summed E-state index contributed by atoms with van der Waals surface area (Å²) in [5.74, 6) is -0.660. The highest BCUT2D eigenvalue weighted by Gasteiger charge is 2.10. The predicted molar refractivity (Wildman–Crippen MR) is 92.5 cm³/mol. The van der Waals surface area contributed by atoms with Gasteiger partial charge in [-0.2, -0.15) is 0 Å². The molecular formula is C18H18ClNO4. The van der Waals surface area contributed by atoms with Crippen LogP contribution in [0.1, 0.15) is 11.1 Å². The Morgan fingerprint density at radius 1 is 1.04 bits per heavy atom. The van der Waals surface area contributed by atoms with Gasteiger partial charge < -0.3 is 14.8 Å². The highest BCUT2D eigenvalue weighted by Crippen LogP contribution is 2.25. The summed E-state index contributed by atoms with van der Waals surface area (Å²) in [7, 11) is 0. The van der Waals surface area contributed by atoms with Crippen LogP contribution in [-0.2, 0) is 14.3 Å². The van der Waals surface area contributed by atoms with Crippen molar-refractivity contribution in [1.29, 1.82) is 0 Å². The predicted octanol–water partition coefficient (Wildman–Crippen LogP) is 3.52. The van der Waals surface area contributed by atoms with Gasteiger partial charge >= 0.3 is 5.97 Å². The number of rotatable bonds is 6. The number of hydrogen-bond acceptors (Lipinski definition) is 4. The van der Waals surface area contributed by atoms with Crippen LogP contribution in [0.2, 0.25) is 5.02 Å². The Kier molecular flexibility index (Phi) is 6.21. The quantitative estimate of drug-likeness (QED) is 0.812. The summed E-state index contributed by atoms with van der Waals surface area (Å²) >= 11 is 5.97. The second-order valence-electron chi connectivity index (χ2n) is 5.30. The smallest absolute Gasteiger partial charge is 0.344 e. The average molecular weight is 348 g/mol. The van der Waals surface area contributed by atoms with E-state index in [4.69, 9.17) is 21.1 Å². The monoisotopic (exact) mass is 347 g/mol. The van der Waals surface area contributed by atoms with Crippen molar-refractivity contribution in [3.05, 3.63) is 58.6 Å². The number of benzene rings is 2. The first-order valence-corrected chi connectivity index (χ1v) is 7.73. The van der Waals surface area contributed by atoms with Crippen molar-refractivity contribution in [2.45, 2.75) is 13.8 Å². The van der Waals surface area contributed by atoms with Crippen molar-refractivity contribution in [3.8, 4) is 5.75 Å². The molecule has 0 aliphatic heterocycles. The van der Waals surface area contributed by atoms with E-state index in [0.29, 0.717) is 16.5 Å². The van der Waals surface area contributed by atoms with Gasteiger partial charge in [-0.15, -0.1) is 0 Å². The van der Waals surface area contributed by atoms with Gasteiger partial charge in [-0.3, -0.25) is 4.79 Å². The van der Waals surface area contributed by atoms with Crippen molar-refractivity contribution in [2.75, 3.05) is 18.5 Å². The molecule has 0 spiro atoms. The molecule has 126 valence electrons. The number of carbonyl (C=O) groups excluding carboxylic acids is 2. The Balaban J connectivity index is 1.76. The number of esters is 1. The number of anilines is 1. The number of amides is 1. The van der Waals surface area contributed by atoms with E-state index < -0.39 is 11.9 Å². The molecule has 6 heteroatoms. The molecule has 2 aromatic rings. The van der Waals surface area contributed by atoms with Crippen molar-refractivity contribution >= 4 is 29.2 Å². The lowest BCUT2D eigenvalue weighted by atomic mass is 10.2. The van der Waals surface area contributed by atoms with Gasteiger partial charge in [0.15, 0.2) is 13.2 Å². The molecule has 0 aliphatic rings. The lowest BCUT2D eigenvalue weighted by Crippen LogP contribution is -2.23. The first kappa shape index (κ1) is 17.8. The van der Waals surface area contributed by atoms with E-state index in [1.54, 1.807) is 18.2 Å². The molecule has 0 aliphatic carbocycles. The third-order valence-electron chi connectivity index (χ3n) is 3.10. The lowest BCUT2D eigenvalue weighted by molar-refractivity contribution is -0.149. The molecule has 2 aromatic carbocycles. The Bertz CT molecular complexity index is 746. The standard InChI is InChI=1S/C18H18ClNO4/c1-12-4-3-5-14(8-12)20-17(21)10-24-18(22)11-23-16-9-13(2)6-7-15(16)19/h3-9H,10-11H2,1-2H3,(H,20,21). The van der Waals surface area contributed by atoms with Gasteiger partial charge in [0.05, 0.1) is 5.02 Å². The Hall–Kier alpha value is -2.53. The first-order valence-electron chi connectivity index (χ1n) is 7.35. The highest BCUT2D eigenvalue weighted by atomic mass is 35.5. The zero-order chi connectivity index (χ0) is 17.5. The molecular weight excluding hydrogens is 330 g/mol. The van der Waals surface area contributed by atoms with Crippen LogP contribution in [-0.4, -0.2) is 25.1 Å². The zero-order valence-electron chi connectivity index (χ0n) is 13.5. The summed E-state index contributed by atoms with van der Waals surface area (Å²) in [6, 6.07) is 12.6. The van der Waals surface area contributed by atoms with Gasteiger partial charge in [0.25, 0.3) is 5.91 Å². The van der Waals surface area contributed by atoms with Crippen molar-refractivity contribution in [2.24, 2.45) is 0 Å². The summed E-state index contributed by atoms with van der Waals surface area (Å²) in [5, 5.41) is 3.06. The van der Waals surface area contributed by atoms with Crippen LogP contribution in [0.15, 0.2) is 42.5 Å². The maximum atomic E-state index is 11.8. The molecule has 0 saturated heterocycles. The Labute approximate surface area is 145 Å². The van der Waals surface area contributed by atoms with Crippen LogP contribution >= 0.6 is 11.6 Å². The molecule has 0 heterocycles. The third kappa shape index (κ3) is 5.59. The summed E-state index contributed by atoms with van der Waals surface area (Å²) < 4.78 is 10.2. The molecule has 0 fully saturated rings. The van der Waals surface area contributed by atoms with Gasteiger partial charge in [-0.25, -0.2) is 4.79 Å². The van der Waals surface area contributed by atoms with Gasteiger partial charge in [0, 0.05) is 5.69 Å². The van der Waals surface area contributed by atoms with E-state index in [-0.39, 0.29) is 13.2 Å². The Morgan fingerprint density at radius 3 is 2.54 bits per heavy atom. The molecule has 1 N–H and O–H groups in total. The molecule has 2 rings (SSSR count). The third-order valence-corrected chi connectivity index (χ3v) is 3.41. The van der Waals surface area contributed by atoms with Crippen LogP contribution in [0.4, 0.5) is 5.69 Å². The number of ether oxygens (including phenoxy) is 2. The molecule has 1 amide bonds. The first-order chi connectivity index (χ1) is 11.4. The maximum absolute atomic E-state index is 11.8. The number of nitrogens with one attached hydrogen (secondary N) is 1. The van der Waals surface area contributed by atoms with Crippen LogP contribution in [0.25, 0.3) is 0 Å². The fourth-order valence-electron chi connectivity index (χ4n) is 1.97. The summed E-state index contributed by atoms with van der Waals surface area (Å²) in [6.07, 6.45) is 0. The fourth-order valence-corrected chi connectivity index (χ4v) is 2.14. The minimum Gasteiger partial charge on any atom is -0.480 e. The van der Waals surface area contributed by atoms with E-state index in [1.165, 1.54) is 0 Å². The SMILES string of the molecule is Cc1cccc(NC(=O)COC(=O)COc2cc(C)ccc2Cl)c1. The Morgan fingerprint density at radius 2 is 1.79 bits per heavy atom. The van der Waals surface area contributed by atoms with E-state index >= 15 is 0 Å². The topological polar surface area (TPSA) is 64.6 Å². The van der Waals surface area contributed by atoms with Crippen LogP contribution in [0, 0.1) is 13.8 Å². The normalized spacial score (nSPS) is 10.1. The van der Waals surface area contributed by atoms with E-state index in [0.717, 1.165) is 11.1 Å². The summed E-state index contributed by atoms with van der Waals surface area (Å²) in [5.41, 5.74) is 2.63. The van der Waals surface area contributed by atoms with Crippen LogP contribution in [0.5, 0.6) is 5.75 Å². The summed E-state index contributed by atoms with van der Waals surface area (Å²) in [6.45, 7) is 3.11. The molecule has 0 bridgehead atoms. The molecule has 5 nitrogen and oxygen atoms in total. The molecule has 24 heavy (non-hydrogen) atoms. The molecule has 0 radical (unpaired) electrons. The van der Waals surface area contributed by atoms with Gasteiger partial charge in [-0.05, 0) is 49.2 Å². The summed E-state index contributed by atoms with van der Waals surface area (Å²) in [4.78, 5) is 23.4. The van der Waals surface area contributed by atoms with E-state index in [2.05, 4.69) is 5.32 Å². The highest BCUT2D eigenvalue weighted by molar-refractivity contribution is 6.32. The number of halogens is 1. The van der Waals surface area contributed by atoms with E-state index in [1.807, 2.05) is 38.1 Å². The minimum atomic E-state index is -0.646. The van der Waals surface area contributed by atoms with E-state index in [9.17, 15) is 9.59 Å². The van der Waals surface area contributed by atoms with Gasteiger partial charge in [0.2, 0.25) is 0 Å².